The molecule has 2 aromatic rings. The number of para-hydroxylation sites is 1. The van der Waals surface area contributed by atoms with Crippen LogP contribution < -0.4 is 4.90 Å². The third-order valence-corrected chi connectivity index (χ3v) is 7.76. The summed E-state index contributed by atoms with van der Waals surface area (Å²) in [6.45, 7) is 0.882. The van der Waals surface area contributed by atoms with Gasteiger partial charge in [0.2, 0.25) is 0 Å². The molecule has 2 amide bonds. The van der Waals surface area contributed by atoms with Crippen molar-refractivity contribution in [3.8, 4) is 0 Å². The third-order valence-electron chi connectivity index (χ3n) is 6.90. The van der Waals surface area contributed by atoms with Gasteiger partial charge in [0, 0.05) is 19.6 Å². The SMILES string of the molecule is CN(C(=O)c1cccs1)c1ccccc1C(=O)N1CC2CC3CC(C2)CC1C3. The summed E-state index contributed by atoms with van der Waals surface area (Å²) in [6.07, 6.45) is 6.25. The lowest BCUT2D eigenvalue weighted by Crippen LogP contribution is -2.42. The van der Waals surface area contributed by atoms with Crippen molar-refractivity contribution in [2.75, 3.05) is 18.5 Å². The zero-order valence-electron chi connectivity index (χ0n) is 16.2. The lowest BCUT2D eigenvalue weighted by molar-refractivity contribution is 0.0633. The van der Waals surface area contributed by atoms with Crippen molar-refractivity contribution >= 4 is 28.8 Å². The van der Waals surface area contributed by atoms with Crippen molar-refractivity contribution in [3.05, 3.63) is 52.2 Å². The Morgan fingerprint density at radius 1 is 0.964 bits per heavy atom. The van der Waals surface area contributed by atoms with Crippen molar-refractivity contribution in [1.29, 1.82) is 0 Å². The number of rotatable bonds is 3. The van der Waals surface area contributed by atoms with Crippen LogP contribution in [0.2, 0.25) is 0 Å². The van der Waals surface area contributed by atoms with E-state index in [1.807, 2.05) is 41.8 Å². The average Bonchev–Trinajstić information content (AvgIpc) is 3.17. The van der Waals surface area contributed by atoms with Crippen LogP contribution in [0.4, 0.5) is 5.69 Å². The number of anilines is 1. The number of carbonyl (C=O) groups excluding carboxylic acids is 2. The molecule has 146 valence electrons. The maximum atomic E-state index is 13.6. The van der Waals surface area contributed by atoms with Crippen LogP contribution in [0.3, 0.4) is 0 Å². The zero-order chi connectivity index (χ0) is 19.3. The maximum absolute atomic E-state index is 13.6. The summed E-state index contributed by atoms with van der Waals surface area (Å²) < 4.78 is 0. The van der Waals surface area contributed by atoms with Gasteiger partial charge < -0.3 is 9.80 Å². The molecule has 4 nitrogen and oxygen atoms in total. The lowest BCUT2D eigenvalue weighted by Gasteiger charge is -2.39. The molecule has 0 radical (unpaired) electrons. The van der Waals surface area contributed by atoms with Crippen molar-refractivity contribution in [2.45, 2.75) is 38.1 Å². The molecule has 1 aromatic heterocycles. The standard InChI is InChI=1S/C23H26N2O2S/c1-24(23(27)21-7-4-8-28-21)20-6-3-2-5-19(20)22(26)25-14-17-10-15-9-16(11-17)13-18(25)12-15/h2-8,15-18H,9-14H2,1H3. The van der Waals surface area contributed by atoms with Gasteiger partial charge in [-0.2, -0.15) is 0 Å². The molecule has 5 heteroatoms. The molecule has 6 rings (SSSR count). The molecule has 0 spiro atoms. The van der Waals surface area contributed by atoms with Crippen LogP contribution >= 0.6 is 11.3 Å². The Bertz CT molecular complexity index is 880. The lowest BCUT2D eigenvalue weighted by atomic mass is 9.68. The highest BCUT2D eigenvalue weighted by atomic mass is 32.1. The normalized spacial score (nSPS) is 28.2. The van der Waals surface area contributed by atoms with Gasteiger partial charge in [-0.3, -0.25) is 9.59 Å². The Morgan fingerprint density at radius 3 is 2.39 bits per heavy atom. The Kier molecular flexibility index (Phi) is 4.50. The molecule has 2 unspecified atom stereocenters. The molecular formula is C23H26N2O2S. The molecular weight excluding hydrogens is 368 g/mol. The second-order valence-corrected chi connectivity index (χ2v) is 9.69. The third kappa shape index (κ3) is 3.06. The summed E-state index contributed by atoms with van der Waals surface area (Å²) in [5, 5.41) is 1.90. The highest BCUT2D eigenvalue weighted by molar-refractivity contribution is 7.12. The molecule has 4 fully saturated rings. The van der Waals surface area contributed by atoms with Gasteiger partial charge in [-0.15, -0.1) is 11.3 Å². The van der Waals surface area contributed by atoms with Crippen molar-refractivity contribution in [1.82, 2.24) is 4.90 Å². The van der Waals surface area contributed by atoms with Crippen LogP contribution in [0.5, 0.6) is 0 Å². The second-order valence-electron chi connectivity index (χ2n) is 8.75. The van der Waals surface area contributed by atoms with E-state index < -0.39 is 0 Å². The number of benzene rings is 1. The van der Waals surface area contributed by atoms with Crippen LogP contribution in [0.15, 0.2) is 41.8 Å². The summed E-state index contributed by atoms with van der Waals surface area (Å²) >= 11 is 1.43. The zero-order valence-corrected chi connectivity index (χ0v) is 17.0. The highest BCUT2D eigenvalue weighted by Gasteiger charge is 2.44. The second kappa shape index (κ2) is 7.03. The molecule has 1 aromatic carbocycles. The van der Waals surface area contributed by atoms with Gasteiger partial charge in [0.1, 0.15) is 0 Å². The van der Waals surface area contributed by atoms with E-state index in [-0.39, 0.29) is 11.8 Å². The van der Waals surface area contributed by atoms with Crippen molar-refractivity contribution in [2.24, 2.45) is 17.8 Å². The van der Waals surface area contributed by atoms with Crippen LogP contribution in [-0.2, 0) is 0 Å². The van der Waals surface area contributed by atoms with Gasteiger partial charge in [-0.05, 0) is 73.4 Å². The monoisotopic (exact) mass is 394 g/mol. The number of carbonyl (C=O) groups is 2. The first-order chi connectivity index (χ1) is 13.6. The van der Waals surface area contributed by atoms with Gasteiger partial charge in [-0.25, -0.2) is 0 Å². The first-order valence-electron chi connectivity index (χ1n) is 10.3. The minimum Gasteiger partial charge on any atom is -0.335 e. The van der Waals surface area contributed by atoms with Gasteiger partial charge in [0.05, 0.1) is 16.1 Å². The minimum absolute atomic E-state index is 0.0638. The predicted molar refractivity (Wildman–Crippen MR) is 112 cm³/mol. The maximum Gasteiger partial charge on any atom is 0.268 e. The molecule has 2 aliphatic carbocycles. The van der Waals surface area contributed by atoms with Gasteiger partial charge in [0.25, 0.3) is 11.8 Å². The van der Waals surface area contributed by atoms with E-state index in [0.29, 0.717) is 28.1 Å². The number of fused-ring (bicyclic) bond motifs is 1. The van der Waals surface area contributed by atoms with Crippen molar-refractivity contribution in [3.63, 3.8) is 0 Å². The number of hydrogen-bond acceptors (Lipinski definition) is 3. The van der Waals surface area contributed by atoms with E-state index in [1.165, 1.54) is 30.6 Å². The van der Waals surface area contributed by atoms with E-state index in [4.69, 9.17) is 0 Å². The van der Waals surface area contributed by atoms with Gasteiger partial charge in [-0.1, -0.05) is 18.2 Å². The largest absolute Gasteiger partial charge is 0.335 e. The molecule has 4 bridgehead atoms. The molecule has 4 aliphatic rings. The summed E-state index contributed by atoms with van der Waals surface area (Å²) in [4.78, 5) is 31.0. The summed E-state index contributed by atoms with van der Waals surface area (Å²) in [5.74, 6) is 2.29. The van der Waals surface area contributed by atoms with Crippen LogP contribution in [-0.4, -0.2) is 36.3 Å². The summed E-state index contributed by atoms with van der Waals surface area (Å²) in [5.41, 5.74) is 1.35. The predicted octanol–water partition coefficient (Wildman–Crippen LogP) is 4.68. The Balaban J connectivity index is 1.45. The van der Waals surface area contributed by atoms with Crippen molar-refractivity contribution < 1.29 is 9.59 Å². The molecule has 2 aliphatic heterocycles. The smallest absolute Gasteiger partial charge is 0.268 e. The number of nitrogens with zero attached hydrogens (tertiary/aromatic N) is 2. The summed E-state index contributed by atoms with van der Waals surface area (Å²) in [6, 6.07) is 11.7. The number of thiophene rings is 1. The van der Waals surface area contributed by atoms with Gasteiger partial charge in [0.15, 0.2) is 0 Å². The van der Waals surface area contributed by atoms with Crippen LogP contribution in [0, 0.1) is 17.8 Å². The molecule has 2 atom stereocenters. The Labute approximate surface area is 170 Å². The van der Waals surface area contributed by atoms with E-state index in [9.17, 15) is 9.59 Å². The Hall–Kier alpha value is -2.14. The van der Waals surface area contributed by atoms with E-state index >= 15 is 0 Å². The molecule has 3 heterocycles. The van der Waals surface area contributed by atoms with Crippen LogP contribution in [0.25, 0.3) is 0 Å². The fourth-order valence-electron chi connectivity index (χ4n) is 5.81. The van der Waals surface area contributed by atoms with Gasteiger partial charge >= 0.3 is 0 Å². The average molecular weight is 395 g/mol. The molecule has 2 saturated carbocycles. The fourth-order valence-corrected chi connectivity index (χ4v) is 6.51. The fraction of sp³-hybridized carbons (Fsp3) is 0.478. The molecule has 2 saturated heterocycles. The highest BCUT2D eigenvalue weighted by Crippen LogP contribution is 2.48. The molecule has 28 heavy (non-hydrogen) atoms. The van der Waals surface area contributed by atoms with E-state index in [1.54, 1.807) is 11.9 Å². The van der Waals surface area contributed by atoms with E-state index in [2.05, 4.69) is 4.90 Å². The topological polar surface area (TPSA) is 40.6 Å². The minimum atomic E-state index is -0.0638. The summed E-state index contributed by atoms with van der Waals surface area (Å²) in [7, 11) is 1.77. The first-order valence-corrected chi connectivity index (χ1v) is 11.2. The van der Waals surface area contributed by atoms with E-state index in [0.717, 1.165) is 31.2 Å². The Morgan fingerprint density at radius 2 is 1.68 bits per heavy atom. The quantitative estimate of drug-likeness (QED) is 0.759. The van der Waals surface area contributed by atoms with Crippen LogP contribution in [0.1, 0.15) is 52.1 Å². The molecule has 0 N–H and O–H groups in total. The first kappa shape index (κ1) is 17.9. The number of amides is 2. The number of hydrogen-bond donors (Lipinski definition) is 0.